The number of fused-ring (bicyclic) bond motifs is 1. The molecule has 1 saturated heterocycles. The van der Waals surface area contributed by atoms with Gasteiger partial charge in [0.05, 0.1) is 5.69 Å². The molecule has 0 bridgehead atoms. The molecular weight excluding hydrogens is 362 g/mol. The second kappa shape index (κ2) is 8.17. The van der Waals surface area contributed by atoms with Gasteiger partial charge in [-0.05, 0) is 49.7 Å². The summed E-state index contributed by atoms with van der Waals surface area (Å²) in [6.45, 7) is 6.76. The molecule has 0 aliphatic carbocycles. The first-order valence-corrected chi connectivity index (χ1v) is 10.3. The van der Waals surface area contributed by atoms with Crippen molar-refractivity contribution in [2.24, 2.45) is 0 Å². The van der Waals surface area contributed by atoms with Crippen LogP contribution in [0.15, 0.2) is 54.7 Å². The number of nitrogens with one attached hydrogen (secondary N) is 2. The molecule has 6 nitrogen and oxygen atoms in total. The zero-order chi connectivity index (χ0) is 20.3. The third kappa shape index (κ3) is 3.80. The number of amides is 2. The average Bonchev–Trinajstić information content (AvgIpc) is 3.24. The first-order chi connectivity index (χ1) is 14.1. The van der Waals surface area contributed by atoms with Crippen LogP contribution in [0.3, 0.4) is 0 Å². The summed E-state index contributed by atoms with van der Waals surface area (Å²) in [7, 11) is 0. The van der Waals surface area contributed by atoms with Crippen LogP contribution in [0.4, 0.5) is 4.79 Å². The largest absolute Gasteiger partial charge is 0.325 e. The molecule has 1 atom stereocenters. The first kappa shape index (κ1) is 19.3. The van der Waals surface area contributed by atoms with E-state index < -0.39 is 5.54 Å². The Balaban J connectivity index is 1.69. The van der Waals surface area contributed by atoms with Gasteiger partial charge in [-0.1, -0.05) is 36.4 Å². The van der Waals surface area contributed by atoms with Crippen LogP contribution in [-0.2, 0) is 5.54 Å². The Bertz CT molecular complexity index is 1010. The minimum atomic E-state index is -0.591. The lowest BCUT2D eigenvalue weighted by Gasteiger charge is -2.31. The van der Waals surface area contributed by atoms with Crippen molar-refractivity contribution in [3.05, 3.63) is 60.6 Å². The van der Waals surface area contributed by atoms with Crippen molar-refractivity contribution in [1.29, 1.82) is 0 Å². The Labute approximate surface area is 171 Å². The van der Waals surface area contributed by atoms with E-state index >= 15 is 0 Å². The highest BCUT2D eigenvalue weighted by molar-refractivity contribution is 5.86. The van der Waals surface area contributed by atoms with E-state index in [2.05, 4.69) is 45.9 Å². The minimum Gasteiger partial charge on any atom is -0.325 e. The SMILES string of the molecule is CCN(CC)C(=O)N[C@]1(c2nccc(-c3ccc4ccccc4c3)n2)CCNC1. The molecule has 0 saturated carbocycles. The molecule has 1 aliphatic rings. The van der Waals surface area contributed by atoms with E-state index in [1.54, 1.807) is 11.1 Å². The molecule has 0 unspecified atom stereocenters. The lowest BCUT2D eigenvalue weighted by Crippen LogP contribution is -2.53. The van der Waals surface area contributed by atoms with Crippen molar-refractivity contribution in [3.63, 3.8) is 0 Å². The smallest absolute Gasteiger partial charge is 0.318 e. The van der Waals surface area contributed by atoms with E-state index in [4.69, 9.17) is 4.98 Å². The van der Waals surface area contributed by atoms with E-state index in [-0.39, 0.29) is 6.03 Å². The molecule has 29 heavy (non-hydrogen) atoms. The van der Waals surface area contributed by atoms with Gasteiger partial charge in [0.15, 0.2) is 5.82 Å². The highest BCUT2D eigenvalue weighted by Gasteiger charge is 2.40. The molecule has 1 aromatic heterocycles. The maximum absolute atomic E-state index is 12.8. The monoisotopic (exact) mass is 389 g/mol. The Kier molecular flexibility index (Phi) is 5.45. The molecule has 3 aromatic rings. The summed E-state index contributed by atoms with van der Waals surface area (Å²) in [5, 5.41) is 8.96. The summed E-state index contributed by atoms with van der Waals surface area (Å²) in [4.78, 5) is 24.0. The molecule has 150 valence electrons. The van der Waals surface area contributed by atoms with Crippen molar-refractivity contribution < 1.29 is 4.79 Å². The average molecular weight is 390 g/mol. The fourth-order valence-electron chi connectivity index (χ4n) is 3.94. The summed E-state index contributed by atoms with van der Waals surface area (Å²) in [6.07, 6.45) is 2.55. The summed E-state index contributed by atoms with van der Waals surface area (Å²) in [5.41, 5.74) is 1.32. The predicted molar refractivity (Wildman–Crippen MR) is 116 cm³/mol. The van der Waals surface area contributed by atoms with Gasteiger partial charge in [-0.2, -0.15) is 0 Å². The van der Waals surface area contributed by atoms with Gasteiger partial charge in [0.2, 0.25) is 0 Å². The number of rotatable bonds is 5. The zero-order valence-corrected chi connectivity index (χ0v) is 17.0. The van der Waals surface area contributed by atoms with E-state index in [1.165, 1.54) is 10.8 Å². The van der Waals surface area contributed by atoms with Crippen LogP contribution >= 0.6 is 0 Å². The van der Waals surface area contributed by atoms with Crippen molar-refractivity contribution in [2.45, 2.75) is 25.8 Å². The second-order valence-corrected chi connectivity index (χ2v) is 7.44. The lowest BCUT2D eigenvalue weighted by atomic mass is 9.96. The standard InChI is InChI=1S/C23H27N5O/c1-3-28(4-2)22(29)27-23(12-14-24-16-23)21-25-13-11-20(26-21)19-10-9-17-7-5-6-8-18(17)15-19/h5-11,13,15,24H,3-4,12,14,16H2,1-2H3,(H,27,29)/t23-/m1/s1. The van der Waals surface area contributed by atoms with Crippen LogP contribution in [0.1, 0.15) is 26.1 Å². The quantitative estimate of drug-likeness (QED) is 0.700. The summed E-state index contributed by atoms with van der Waals surface area (Å²) in [6, 6.07) is 16.5. The molecule has 2 aromatic carbocycles. The van der Waals surface area contributed by atoms with Gasteiger partial charge in [0.25, 0.3) is 0 Å². The molecule has 1 aliphatic heterocycles. The van der Waals surface area contributed by atoms with Crippen molar-refractivity contribution in [1.82, 2.24) is 25.5 Å². The molecule has 2 amide bonds. The summed E-state index contributed by atoms with van der Waals surface area (Å²) >= 11 is 0. The van der Waals surface area contributed by atoms with Crippen molar-refractivity contribution >= 4 is 16.8 Å². The lowest BCUT2D eigenvalue weighted by molar-refractivity contribution is 0.187. The van der Waals surface area contributed by atoms with Gasteiger partial charge < -0.3 is 15.5 Å². The predicted octanol–water partition coefficient (Wildman–Crippen LogP) is 3.54. The molecule has 4 rings (SSSR count). The Morgan fingerprint density at radius 1 is 1.14 bits per heavy atom. The fraction of sp³-hybridized carbons (Fsp3) is 0.348. The Morgan fingerprint density at radius 2 is 1.93 bits per heavy atom. The van der Waals surface area contributed by atoms with Gasteiger partial charge in [0, 0.05) is 31.4 Å². The fourth-order valence-corrected chi connectivity index (χ4v) is 3.94. The highest BCUT2D eigenvalue weighted by atomic mass is 16.2. The summed E-state index contributed by atoms with van der Waals surface area (Å²) < 4.78 is 0. The van der Waals surface area contributed by atoms with Crippen LogP contribution in [0.5, 0.6) is 0 Å². The number of aromatic nitrogens is 2. The second-order valence-electron chi connectivity index (χ2n) is 7.44. The number of hydrogen-bond acceptors (Lipinski definition) is 4. The number of carbonyl (C=O) groups is 1. The Morgan fingerprint density at radius 3 is 2.66 bits per heavy atom. The molecule has 2 heterocycles. The molecule has 2 N–H and O–H groups in total. The molecule has 6 heteroatoms. The molecule has 0 spiro atoms. The van der Waals surface area contributed by atoms with E-state index in [1.807, 2.05) is 32.0 Å². The van der Waals surface area contributed by atoms with Gasteiger partial charge in [0.1, 0.15) is 5.54 Å². The highest BCUT2D eigenvalue weighted by Crippen LogP contribution is 2.28. The third-order valence-electron chi connectivity index (χ3n) is 5.68. The van der Waals surface area contributed by atoms with Gasteiger partial charge in [-0.25, -0.2) is 14.8 Å². The molecular formula is C23H27N5O. The van der Waals surface area contributed by atoms with Crippen molar-refractivity contribution in [3.8, 4) is 11.3 Å². The number of nitrogens with zero attached hydrogens (tertiary/aromatic N) is 3. The van der Waals surface area contributed by atoms with Crippen LogP contribution in [0, 0.1) is 0 Å². The van der Waals surface area contributed by atoms with Gasteiger partial charge in [-0.15, -0.1) is 0 Å². The van der Waals surface area contributed by atoms with Crippen LogP contribution in [0.25, 0.3) is 22.0 Å². The number of carbonyl (C=O) groups excluding carboxylic acids is 1. The normalized spacial score (nSPS) is 18.7. The number of benzene rings is 2. The first-order valence-electron chi connectivity index (χ1n) is 10.3. The maximum Gasteiger partial charge on any atom is 0.318 e. The Hall–Kier alpha value is -2.99. The van der Waals surface area contributed by atoms with Crippen LogP contribution in [-0.4, -0.2) is 47.1 Å². The minimum absolute atomic E-state index is 0.0709. The van der Waals surface area contributed by atoms with Gasteiger partial charge in [-0.3, -0.25) is 0 Å². The van der Waals surface area contributed by atoms with Gasteiger partial charge >= 0.3 is 6.03 Å². The third-order valence-corrected chi connectivity index (χ3v) is 5.68. The van der Waals surface area contributed by atoms with E-state index in [9.17, 15) is 4.79 Å². The number of hydrogen-bond donors (Lipinski definition) is 2. The zero-order valence-electron chi connectivity index (χ0n) is 17.0. The number of urea groups is 1. The molecule has 0 radical (unpaired) electrons. The van der Waals surface area contributed by atoms with E-state index in [0.717, 1.165) is 24.2 Å². The molecule has 1 fully saturated rings. The summed E-state index contributed by atoms with van der Waals surface area (Å²) in [5.74, 6) is 0.661. The van der Waals surface area contributed by atoms with Crippen molar-refractivity contribution in [2.75, 3.05) is 26.2 Å². The van der Waals surface area contributed by atoms with Crippen LogP contribution in [0.2, 0.25) is 0 Å². The maximum atomic E-state index is 12.8. The topological polar surface area (TPSA) is 70.2 Å². The van der Waals surface area contributed by atoms with Crippen LogP contribution < -0.4 is 10.6 Å². The van der Waals surface area contributed by atoms with E-state index in [0.29, 0.717) is 25.5 Å².